The van der Waals surface area contributed by atoms with Crippen LogP contribution in [0.15, 0.2) is 97.1 Å². The van der Waals surface area contributed by atoms with Crippen LogP contribution in [0.4, 0.5) is 0 Å². The molecule has 0 radical (unpaired) electrons. The molecule has 0 saturated carbocycles. The Hall–Kier alpha value is -6.37. The van der Waals surface area contributed by atoms with Crippen LogP contribution in [-0.4, -0.2) is 157 Å². The van der Waals surface area contributed by atoms with Gasteiger partial charge in [-0.15, -0.1) is 6.42 Å². The fourth-order valence-corrected chi connectivity index (χ4v) is 8.80. The Morgan fingerprint density at radius 2 is 0.975 bits per heavy atom. The fraction of sp³-hybridized carbons (Fsp3) is 0.452. The molecular formula is C62H77IN4O14. The van der Waals surface area contributed by atoms with E-state index in [0.29, 0.717) is 68.4 Å². The fourth-order valence-electron chi connectivity index (χ4n) is 8.44. The van der Waals surface area contributed by atoms with Crippen LogP contribution in [-0.2, 0) is 38.1 Å². The van der Waals surface area contributed by atoms with Crippen molar-refractivity contribution < 1.29 is 68.1 Å². The highest BCUT2D eigenvalue weighted by Gasteiger charge is 2.48. The number of aliphatic hydroxyl groups is 4. The van der Waals surface area contributed by atoms with Crippen LogP contribution < -0.4 is 10.6 Å². The summed E-state index contributed by atoms with van der Waals surface area (Å²) in [5.74, 6) is 5.47. The highest BCUT2D eigenvalue weighted by molar-refractivity contribution is 14.1. The summed E-state index contributed by atoms with van der Waals surface area (Å²) in [5, 5.41) is 42.3. The molecular weight excluding hydrogens is 1150 g/mol. The highest BCUT2D eigenvalue weighted by Crippen LogP contribution is 2.25. The Kier molecular flexibility index (Phi) is 28.3. The van der Waals surface area contributed by atoms with Crippen LogP contribution in [0.2, 0.25) is 0 Å². The molecule has 436 valence electrons. The quantitative estimate of drug-likeness (QED) is 0.0299. The molecule has 6 atom stereocenters. The van der Waals surface area contributed by atoms with Crippen molar-refractivity contribution in [2.75, 3.05) is 67.8 Å². The third kappa shape index (κ3) is 19.7. The molecule has 2 aliphatic heterocycles. The minimum Gasteiger partial charge on any atom is -0.396 e. The van der Waals surface area contributed by atoms with Gasteiger partial charge in [0.25, 0.3) is 23.6 Å². The normalized spacial score (nSPS) is 16.9. The number of hydrogen-bond donors (Lipinski definition) is 6. The molecule has 0 aliphatic carbocycles. The van der Waals surface area contributed by atoms with Gasteiger partial charge < -0.3 is 59.8 Å². The molecule has 6 rings (SSSR count). The lowest BCUT2D eigenvalue weighted by molar-refractivity contribution is -0.174. The van der Waals surface area contributed by atoms with E-state index in [9.17, 15) is 39.0 Å². The summed E-state index contributed by atoms with van der Waals surface area (Å²) >= 11 is 2.14. The van der Waals surface area contributed by atoms with E-state index in [1.165, 1.54) is 46.9 Å². The lowest BCUT2D eigenvalue weighted by Crippen LogP contribution is -2.62. The zero-order chi connectivity index (χ0) is 59.5. The number of amides is 4. The molecule has 2 saturated heterocycles. The minimum atomic E-state index is -1.78. The molecule has 6 N–H and O–H groups in total. The maximum absolute atomic E-state index is 13.3. The summed E-state index contributed by atoms with van der Waals surface area (Å²) in [6, 6.07) is 28.0. The summed E-state index contributed by atoms with van der Waals surface area (Å²) < 4.78 is 23.1. The number of nitrogens with zero attached hydrogens (tertiary/aromatic N) is 2. The van der Waals surface area contributed by atoms with Gasteiger partial charge in [-0.05, 0) is 185 Å². The molecule has 0 spiro atoms. The van der Waals surface area contributed by atoms with Gasteiger partial charge in [-0.25, -0.2) is 0 Å². The van der Waals surface area contributed by atoms with Gasteiger partial charge in [0, 0.05) is 86.0 Å². The van der Waals surface area contributed by atoms with Gasteiger partial charge in [-0.2, -0.15) is 0 Å². The second kappa shape index (κ2) is 34.2. The second-order valence-electron chi connectivity index (χ2n) is 19.6. The lowest BCUT2D eigenvalue weighted by atomic mass is 9.92. The van der Waals surface area contributed by atoms with Gasteiger partial charge in [-0.1, -0.05) is 42.0 Å². The molecule has 18 nitrogen and oxygen atoms in total. The van der Waals surface area contributed by atoms with Crippen molar-refractivity contribution in [1.29, 1.82) is 0 Å². The van der Waals surface area contributed by atoms with Crippen molar-refractivity contribution in [3.8, 4) is 24.2 Å². The van der Waals surface area contributed by atoms with E-state index in [4.69, 9.17) is 35.6 Å². The van der Waals surface area contributed by atoms with Crippen LogP contribution >= 0.6 is 22.6 Å². The molecule has 2 heterocycles. The first-order valence-corrected chi connectivity index (χ1v) is 28.0. The summed E-state index contributed by atoms with van der Waals surface area (Å²) in [6.07, 6.45) is 10.5. The average molecular weight is 1230 g/mol. The molecule has 4 aromatic rings. The Labute approximate surface area is 489 Å². The van der Waals surface area contributed by atoms with Gasteiger partial charge in [0.15, 0.2) is 35.2 Å². The molecule has 4 aromatic carbocycles. The van der Waals surface area contributed by atoms with Crippen molar-refractivity contribution in [2.45, 2.75) is 114 Å². The largest absolute Gasteiger partial charge is 0.396 e. The van der Waals surface area contributed by atoms with Crippen molar-refractivity contribution in [3.63, 3.8) is 0 Å². The molecule has 19 heteroatoms. The predicted octanol–water partition coefficient (Wildman–Crippen LogP) is 6.04. The molecule has 81 heavy (non-hydrogen) atoms. The number of hydrogen-bond acceptors (Lipinski definition) is 14. The Morgan fingerprint density at radius 3 is 1.31 bits per heavy atom. The SMILES string of the molecule is C#Cc1ccc(C(O)CCCO)cc1.CNC(=O)[C@@](C)(C(=O)COC1CCCCO1)N(C)C(=O)c1ccc(C#Cc2ccc(C(O)CCCO)cc2)cc1.CNC(=O)[C@@](C)(C(=O)COC1CCCCO1)N(C)C(=O)c1ccc(I)cc1. The first kappa shape index (κ1) is 67.1. The van der Waals surface area contributed by atoms with E-state index >= 15 is 0 Å². The van der Waals surface area contributed by atoms with Gasteiger partial charge in [0.1, 0.15) is 13.2 Å². The number of rotatable bonds is 22. The second-order valence-corrected chi connectivity index (χ2v) is 20.8. The van der Waals surface area contributed by atoms with E-state index in [1.54, 1.807) is 60.7 Å². The van der Waals surface area contributed by atoms with Gasteiger partial charge in [0.05, 0.1) is 12.2 Å². The van der Waals surface area contributed by atoms with Gasteiger partial charge in [0.2, 0.25) is 0 Å². The van der Waals surface area contributed by atoms with Crippen LogP contribution in [0, 0.1) is 27.8 Å². The van der Waals surface area contributed by atoms with Crippen LogP contribution in [0.5, 0.6) is 0 Å². The third-order valence-corrected chi connectivity index (χ3v) is 14.8. The van der Waals surface area contributed by atoms with Crippen molar-refractivity contribution in [2.24, 2.45) is 0 Å². The van der Waals surface area contributed by atoms with E-state index in [1.807, 2.05) is 36.4 Å². The van der Waals surface area contributed by atoms with Crippen molar-refractivity contribution in [1.82, 2.24) is 20.4 Å². The number of terminal acetylenes is 1. The zero-order valence-electron chi connectivity index (χ0n) is 47.1. The maximum Gasteiger partial charge on any atom is 0.254 e. The van der Waals surface area contributed by atoms with E-state index in [0.717, 1.165) is 56.4 Å². The molecule has 4 amide bonds. The number of aliphatic hydroxyl groups excluding tert-OH is 4. The van der Waals surface area contributed by atoms with E-state index in [2.05, 4.69) is 51.0 Å². The summed E-state index contributed by atoms with van der Waals surface area (Å²) in [6.45, 7) is 3.49. The monoisotopic (exact) mass is 1230 g/mol. The van der Waals surface area contributed by atoms with Crippen LogP contribution in [0.25, 0.3) is 0 Å². The molecule has 2 aliphatic rings. The number of carbonyl (C=O) groups excluding carboxylic acids is 6. The number of nitrogens with one attached hydrogen (secondary N) is 2. The molecule has 0 aromatic heterocycles. The standard InChI is InChI=1S/C31H38N2O7.C19H25IN2O5.C12H14O2/c1-31(30(38)32-2,27(36)21-40-28-8-4-5-20-39-28)33(3)29(37)25-17-13-23(14-18-25)10-9-22-11-15-24(16-12-22)26(35)7-6-19-34;1-19(18(25)21-2,15(23)12-27-16-6-4-5-11-26-16)22(3)17(24)13-7-9-14(20)10-8-13;1-2-10-5-7-11(8-6-10)12(14)4-3-9-13/h11-18,26,28,34-35H,4-8,19-21H2,1-3H3,(H,32,38);7-10,16H,4-6,11-12H2,1-3H3,(H,21,25);1,5-8,12-14H,3-4,9H2/t26?,28?,31-;16?,19-;/m11./s1. The minimum absolute atomic E-state index is 0.0397. The molecule has 0 bridgehead atoms. The Bertz CT molecular complexity index is 2770. The van der Waals surface area contributed by atoms with Crippen molar-refractivity contribution >= 4 is 57.8 Å². The highest BCUT2D eigenvalue weighted by atomic mass is 127. The number of carbonyl (C=O) groups is 6. The molecule has 4 unspecified atom stereocenters. The summed E-state index contributed by atoms with van der Waals surface area (Å²) in [4.78, 5) is 79.9. The van der Waals surface area contributed by atoms with E-state index < -0.39 is 71.1 Å². The average Bonchev–Trinajstić information content (AvgIpc) is 3.51. The summed E-state index contributed by atoms with van der Waals surface area (Å²) in [5.41, 5.74) is 1.09. The Morgan fingerprint density at radius 1 is 0.617 bits per heavy atom. The number of ketones is 2. The van der Waals surface area contributed by atoms with Gasteiger partial charge in [-0.3, -0.25) is 28.8 Å². The topological polar surface area (TPSA) is 251 Å². The third-order valence-electron chi connectivity index (χ3n) is 14.1. The zero-order valence-corrected chi connectivity index (χ0v) is 49.2. The van der Waals surface area contributed by atoms with Crippen molar-refractivity contribution in [3.05, 3.63) is 140 Å². The number of likely N-dealkylation sites (N-methyl/N-ethyl adjacent to an activating group) is 4. The lowest BCUT2D eigenvalue weighted by Gasteiger charge is -2.36. The Balaban J connectivity index is 0.000000294. The number of ether oxygens (including phenoxy) is 4. The number of halogens is 1. The first-order chi connectivity index (χ1) is 38.8. The van der Waals surface area contributed by atoms with E-state index in [-0.39, 0.29) is 26.4 Å². The maximum atomic E-state index is 13.3. The number of Topliss-reactive ketones (excluding diaryl/α,β-unsaturated/α-hetero) is 2. The number of benzene rings is 4. The summed E-state index contributed by atoms with van der Waals surface area (Å²) in [7, 11) is 5.72. The molecule has 2 fully saturated rings. The predicted molar refractivity (Wildman–Crippen MR) is 313 cm³/mol. The van der Waals surface area contributed by atoms with Crippen LogP contribution in [0.1, 0.15) is 139 Å². The first-order valence-electron chi connectivity index (χ1n) is 26.9. The van der Waals surface area contributed by atoms with Gasteiger partial charge >= 0.3 is 0 Å². The van der Waals surface area contributed by atoms with Crippen LogP contribution in [0.3, 0.4) is 0 Å². The smallest absolute Gasteiger partial charge is 0.254 e.